The number of ether oxygens (including phenoxy) is 1. The molecule has 0 bridgehead atoms. The van der Waals surface area contributed by atoms with Gasteiger partial charge in [0.1, 0.15) is 5.78 Å². The van der Waals surface area contributed by atoms with Gasteiger partial charge in [0.15, 0.2) is 0 Å². The Morgan fingerprint density at radius 1 is 1.31 bits per heavy atom. The van der Waals surface area contributed by atoms with E-state index in [1.165, 1.54) is 0 Å². The molecule has 0 aromatic carbocycles. The van der Waals surface area contributed by atoms with Gasteiger partial charge in [-0.05, 0) is 19.8 Å². The summed E-state index contributed by atoms with van der Waals surface area (Å²) in [5.74, 6) is -0.627. The van der Waals surface area contributed by atoms with Gasteiger partial charge in [-0.2, -0.15) is 0 Å². The molecule has 0 spiro atoms. The third kappa shape index (κ3) is 5.26. The van der Waals surface area contributed by atoms with Crippen molar-refractivity contribution in [2.24, 2.45) is 11.8 Å². The number of hydrogen-bond donors (Lipinski definition) is 1. The van der Waals surface area contributed by atoms with E-state index in [0.717, 1.165) is 0 Å². The minimum absolute atomic E-state index is 0.00486. The molecule has 1 N–H and O–H groups in total. The molecule has 0 saturated carbocycles. The number of aliphatic hydroxyl groups is 1. The Kier molecular flexibility index (Phi) is 7.81. The van der Waals surface area contributed by atoms with E-state index in [1.807, 2.05) is 6.92 Å². The highest BCUT2D eigenvalue weighted by Gasteiger charge is 2.23. The van der Waals surface area contributed by atoms with Gasteiger partial charge in [-0.3, -0.25) is 9.59 Å². The van der Waals surface area contributed by atoms with E-state index in [4.69, 9.17) is 9.84 Å². The molecule has 0 aliphatic heterocycles. The fraction of sp³-hybridized carbons (Fsp3) is 0.833. The molecular formula is C12H22O4. The van der Waals surface area contributed by atoms with E-state index in [-0.39, 0.29) is 36.6 Å². The van der Waals surface area contributed by atoms with Crippen molar-refractivity contribution in [2.75, 3.05) is 13.2 Å². The summed E-state index contributed by atoms with van der Waals surface area (Å²) in [5, 5.41) is 8.66. The van der Waals surface area contributed by atoms with Gasteiger partial charge in [0.2, 0.25) is 0 Å². The fourth-order valence-corrected chi connectivity index (χ4v) is 1.60. The number of aliphatic hydroxyl groups excluding tert-OH is 1. The Morgan fingerprint density at radius 3 is 2.38 bits per heavy atom. The third-order valence-corrected chi connectivity index (χ3v) is 2.66. The van der Waals surface area contributed by atoms with Crippen LogP contribution < -0.4 is 0 Å². The summed E-state index contributed by atoms with van der Waals surface area (Å²) >= 11 is 0. The zero-order chi connectivity index (χ0) is 12.6. The minimum Gasteiger partial charge on any atom is -0.466 e. The minimum atomic E-state index is -0.228. The average molecular weight is 230 g/mol. The monoisotopic (exact) mass is 230 g/mol. The van der Waals surface area contributed by atoms with Crippen LogP contribution in [0.5, 0.6) is 0 Å². The van der Waals surface area contributed by atoms with E-state index in [0.29, 0.717) is 19.4 Å². The van der Waals surface area contributed by atoms with Crippen LogP contribution >= 0.6 is 0 Å². The smallest absolute Gasteiger partial charge is 0.308 e. The maximum atomic E-state index is 11.5. The molecule has 0 aromatic rings. The van der Waals surface area contributed by atoms with Crippen molar-refractivity contribution >= 4 is 11.8 Å². The summed E-state index contributed by atoms with van der Waals surface area (Å²) in [5.41, 5.74) is 0. The molecule has 0 fully saturated rings. The highest BCUT2D eigenvalue weighted by molar-refractivity contribution is 5.81. The lowest BCUT2D eigenvalue weighted by molar-refractivity contribution is -0.148. The second-order valence-corrected chi connectivity index (χ2v) is 3.93. The third-order valence-electron chi connectivity index (χ3n) is 2.66. The lowest BCUT2D eigenvalue weighted by Gasteiger charge is -2.17. The summed E-state index contributed by atoms with van der Waals surface area (Å²) in [6, 6.07) is 0. The number of esters is 1. The number of carbonyl (C=O) groups is 2. The molecule has 0 rings (SSSR count). The van der Waals surface area contributed by atoms with Crippen LogP contribution in [0, 0.1) is 11.8 Å². The summed E-state index contributed by atoms with van der Waals surface area (Å²) in [6.07, 6.45) is 1.35. The predicted molar refractivity (Wildman–Crippen MR) is 60.9 cm³/mol. The van der Waals surface area contributed by atoms with E-state index in [2.05, 4.69) is 0 Å². The molecule has 0 amide bonds. The summed E-state index contributed by atoms with van der Waals surface area (Å²) in [7, 11) is 0. The normalized spacial score (nSPS) is 14.2. The molecule has 4 heteroatoms. The van der Waals surface area contributed by atoms with Crippen LogP contribution in [0.25, 0.3) is 0 Å². The highest BCUT2D eigenvalue weighted by Crippen LogP contribution is 2.18. The SMILES string of the molecule is CCOC(=O)C(CC)CC(C)C(=O)CCO. The average Bonchev–Trinajstić information content (AvgIpc) is 2.26. The molecule has 16 heavy (non-hydrogen) atoms. The van der Waals surface area contributed by atoms with Crippen molar-refractivity contribution in [3.63, 3.8) is 0 Å². The Hall–Kier alpha value is -0.900. The molecule has 2 atom stereocenters. The zero-order valence-electron chi connectivity index (χ0n) is 10.4. The first kappa shape index (κ1) is 15.1. The van der Waals surface area contributed by atoms with E-state index >= 15 is 0 Å². The van der Waals surface area contributed by atoms with Crippen molar-refractivity contribution < 1.29 is 19.4 Å². The Bertz CT molecular complexity index is 225. The van der Waals surface area contributed by atoms with Crippen LogP contribution in [0.3, 0.4) is 0 Å². The number of ketones is 1. The molecule has 0 heterocycles. The summed E-state index contributed by atoms with van der Waals surface area (Å²) in [4.78, 5) is 23.0. The van der Waals surface area contributed by atoms with Crippen LogP contribution in [0.2, 0.25) is 0 Å². The van der Waals surface area contributed by atoms with Gasteiger partial charge in [-0.1, -0.05) is 13.8 Å². The highest BCUT2D eigenvalue weighted by atomic mass is 16.5. The largest absolute Gasteiger partial charge is 0.466 e. The second-order valence-electron chi connectivity index (χ2n) is 3.93. The van der Waals surface area contributed by atoms with Crippen molar-refractivity contribution in [3.05, 3.63) is 0 Å². The summed E-state index contributed by atoms with van der Waals surface area (Å²) < 4.78 is 4.94. The topological polar surface area (TPSA) is 63.6 Å². The number of rotatable bonds is 8. The molecular weight excluding hydrogens is 208 g/mol. The first-order valence-corrected chi connectivity index (χ1v) is 5.86. The summed E-state index contributed by atoms with van der Waals surface area (Å²) in [6.45, 7) is 5.71. The molecule has 4 nitrogen and oxygen atoms in total. The van der Waals surface area contributed by atoms with Gasteiger partial charge in [0, 0.05) is 18.9 Å². The van der Waals surface area contributed by atoms with Crippen LogP contribution in [-0.2, 0) is 14.3 Å². The van der Waals surface area contributed by atoms with Crippen molar-refractivity contribution in [3.8, 4) is 0 Å². The predicted octanol–water partition coefficient (Wildman–Crippen LogP) is 1.55. The van der Waals surface area contributed by atoms with E-state index in [1.54, 1.807) is 13.8 Å². The van der Waals surface area contributed by atoms with Gasteiger partial charge in [-0.15, -0.1) is 0 Å². The van der Waals surface area contributed by atoms with Gasteiger partial charge < -0.3 is 9.84 Å². The molecule has 2 unspecified atom stereocenters. The molecule has 0 saturated heterocycles. The van der Waals surface area contributed by atoms with Crippen LogP contribution in [-0.4, -0.2) is 30.1 Å². The quantitative estimate of drug-likeness (QED) is 0.643. The fourth-order valence-electron chi connectivity index (χ4n) is 1.60. The van der Waals surface area contributed by atoms with Gasteiger partial charge in [0.05, 0.1) is 12.5 Å². The van der Waals surface area contributed by atoms with Crippen molar-refractivity contribution in [2.45, 2.75) is 40.0 Å². The maximum Gasteiger partial charge on any atom is 0.308 e. The molecule has 0 aliphatic carbocycles. The Morgan fingerprint density at radius 2 is 1.94 bits per heavy atom. The molecule has 0 radical (unpaired) electrons. The maximum absolute atomic E-state index is 11.5. The zero-order valence-corrected chi connectivity index (χ0v) is 10.4. The lowest BCUT2D eigenvalue weighted by atomic mass is 9.90. The van der Waals surface area contributed by atoms with Gasteiger partial charge >= 0.3 is 5.97 Å². The standard InChI is InChI=1S/C12H22O4/c1-4-10(12(15)16-5-2)8-9(3)11(14)6-7-13/h9-10,13H,4-8H2,1-3H3. The lowest BCUT2D eigenvalue weighted by Crippen LogP contribution is -2.23. The first-order chi connectivity index (χ1) is 7.56. The second kappa shape index (κ2) is 8.28. The van der Waals surface area contributed by atoms with Gasteiger partial charge in [0.25, 0.3) is 0 Å². The molecule has 0 aromatic heterocycles. The molecule has 0 aliphatic rings. The van der Waals surface area contributed by atoms with Crippen LogP contribution in [0.4, 0.5) is 0 Å². The van der Waals surface area contributed by atoms with E-state index < -0.39 is 0 Å². The number of hydrogen-bond acceptors (Lipinski definition) is 4. The van der Waals surface area contributed by atoms with Crippen molar-refractivity contribution in [1.82, 2.24) is 0 Å². The van der Waals surface area contributed by atoms with Crippen LogP contribution in [0.15, 0.2) is 0 Å². The number of Topliss-reactive ketones (excluding diaryl/α,β-unsaturated/α-hetero) is 1. The Balaban J connectivity index is 4.20. The van der Waals surface area contributed by atoms with Gasteiger partial charge in [-0.25, -0.2) is 0 Å². The van der Waals surface area contributed by atoms with E-state index in [9.17, 15) is 9.59 Å². The van der Waals surface area contributed by atoms with Crippen LogP contribution in [0.1, 0.15) is 40.0 Å². The number of carbonyl (C=O) groups excluding carboxylic acids is 2. The first-order valence-electron chi connectivity index (χ1n) is 5.86. The molecule has 94 valence electrons. The Labute approximate surface area is 97.0 Å². The van der Waals surface area contributed by atoms with Crippen molar-refractivity contribution in [1.29, 1.82) is 0 Å².